The lowest BCUT2D eigenvalue weighted by Gasteiger charge is -2.25. The first-order valence-electron chi connectivity index (χ1n) is 9.81. The lowest BCUT2D eigenvalue weighted by Crippen LogP contribution is -2.30. The van der Waals surface area contributed by atoms with Crippen molar-refractivity contribution in [2.24, 2.45) is 0 Å². The summed E-state index contributed by atoms with van der Waals surface area (Å²) in [5, 5.41) is 0. The number of ether oxygens (including phenoxy) is 2. The van der Waals surface area contributed by atoms with Gasteiger partial charge in [-0.25, -0.2) is 4.98 Å². The summed E-state index contributed by atoms with van der Waals surface area (Å²) in [4.78, 5) is 19.6. The average Bonchev–Trinajstić information content (AvgIpc) is 3.27. The van der Waals surface area contributed by atoms with Crippen LogP contribution in [-0.4, -0.2) is 29.0 Å². The van der Waals surface area contributed by atoms with Gasteiger partial charge in [0.15, 0.2) is 11.5 Å². The van der Waals surface area contributed by atoms with Crippen molar-refractivity contribution in [3.8, 4) is 11.5 Å². The van der Waals surface area contributed by atoms with Crippen LogP contribution in [0, 0.1) is 0 Å². The second-order valence-corrected chi connectivity index (χ2v) is 8.05. The van der Waals surface area contributed by atoms with Crippen molar-refractivity contribution in [3.05, 3.63) is 88.9 Å². The zero-order valence-corrected chi connectivity index (χ0v) is 17.1. The van der Waals surface area contributed by atoms with Crippen LogP contribution in [0.3, 0.4) is 0 Å². The van der Waals surface area contributed by atoms with E-state index in [0.29, 0.717) is 31.9 Å². The van der Waals surface area contributed by atoms with Crippen molar-refractivity contribution in [3.63, 3.8) is 0 Å². The van der Waals surface area contributed by atoms with Gasteiger partial charge in [0.2, 0.25) is 0 Å². The van der Waals surface area contributed by atoms with Crippen molar-refractivity contribution < 1.29 is 14.3 Å². The second-order valence-electron chi connectivity index (χ2n) is 7.16. The van der Waals surface area contributed by atoms with Gasteiger partial charge in [0.25, 0.3) is 5.91 Å². The zero-order chi connectivity index (χ0) is 20.3. The normalized spacial score (nSPS) is 12.7. The smallest absolute Gasteiger partial charge is 0.254 e. The number of hydrogen-bond donors (Lipinski definition) is 0. The number of thiazole rings is 1. The lowest BCUT2D eigenvalue weighted by molar-refractivity contribution is 0.0730. The van der Waals surface area contributed by atoms with Crippen LogP contribution < -0.4 is 9.47 Å². The van der Waals surface area contributed by atoms with Crippen LogP contribution in [0.25, 0.3) is 10.2 Å². The predicted molar refractivity (Wildman–Crippen MR) is 117 cm³/mol. The van der Waals surface area contributed by atoms with E-state index >= 15 is 0 Å². The van der Waals surface area contributed by atoms with E-state index in [1.807, 2.05) is 71.6 Å². The molecular weight excluding hydrogens is 396 g/mol. The first kappa shape index (κ1) is 18.6. The Morgan fingerprint density at radius 2 is 1.70 bits per heavy atom. The van der Waals surface area contributed by atoms with Crippen LogP contribution in [0.2, 0.25) is 0 Å². The van der Waals surface area contributed by atoms with Crippen molar-refractivity contribution in [1.29, 1.82) is 0 Å². The Bertz CT molecular complexity index is 1190. The molecule has 6 heteroatoms. The number of hydrogen-bond acceptors (Lipinski definition) is 5. The Labute approximate surface area is 178 Å². The second kappa shape index (κ2) is 8.16. The Hall–Kier alpha value is -3.38. The maximum atomic E-state index is 13.5. The zero-order valence-electron chi connectivity index (χ0n) is 16.3. The molecule has 30 heavy (non-hydrogen) atoms. The summed E-state index contributed by atoms with van der Waals surface area (Å²) < 4.78 is 12.3. The molecule has 0 unspecified atom stereocenters. The highest BCUT2D eigenvalue weighted by atomic mass is 32.1. The number of rotatable bonds is 5. The molecule has 1 aromatic heterocycles. The average molecular weight is 417 g/mol. The highest BCUT2D eigenvalue weighted by Gasteiger charge is 2.19. The molecule has 0 saturated heterocycles. The van der Waals surface area contributed by atoms with E-state index in [0.717, 1.165) is 32.8 Å². The van der Waals surface area contributed by atoms with E-state index in [4.69, 9.17) is 9.47 Å². The molecule has 0 saturated carbocycles. The van der Waals surface area contributed by atoms with Crippen molar-refractivity contribution in [1.82, 2.24) is 9.88 Å². The molecular formula is C24H20N2O3S. The number of benzene rings is 3. The fraction of sp³-hybridized carbons (Fsp3) is 0.167. The van der Waals surface area contributed by atoms with E-state index in [2.05, 4.69) is 4.98 Å². The number of carbonyl (C=O) groups excluding carboxylic acids is 1. The predicted octanol–water partition coefficient (Wildman–Crippen LogP) is 4.91. The SMILES string of the molecule is O=C(c1ccc2ncsc2c1)N(Cc1ccccc1)Cc1ccc2c(c1)OCCO2. The fourth-order valence-corrected chi connectivity index (χ4v) is 4.30. The van der Waals surface area contributed by atoms with Gasteiger partial charge >= 0.3 is 0 Å². The summed E-state index contributed by atoms with van der Waals surface area (Å²) >= 11 is 1.54. The minimum Gasteiger partial charge on any atom is -0.486 e. The molecule has 5 nitrogen and oxygen atoms in total. The maximum absolute atomic E-state index is 13.5. The van der Waals surface area contributed by atoms with Crippen LogP contribution >= 0.6 is 11.3 Å². The third-order valence-electron chi connectivity index (χ3n) is 5.06. The summed E-state index contributed by atoms with van der Waals surface area (Å²) in [6.07, 6.45) is 0. The maximum Gasteiger partial charge on any atom is 0.254 e. The summed E-state index contributed by atoms with van der Waals surface area (Å²) in [5.41, 5.74) is 5.47. The van der Waals surface area contributed by atoms with Crippen molar-refractivity contribution in [2.75, 3.05) is 13.2 Å². The highest BCUT2D eigenvalue weighted by molar-refractivity contribution is 7.16. The Kier molecular flexibility index (Phi) is 5.07. The van der Waals surface area contributed by atoms with Gasteiger partial charge in [-0.2, -0.15) is 0 Å². The fourth-order valence-electron chi connectivity index (χ4n) is 3.58. The quantitative estimate of drug-likeness (QED) is 0.464. The van der Waals surface area contributed by atoms with Crippen LogP contribution in [0.5, 0.6) is 11.5 Å². The standard InChI is InChI=1S/C24H20N2O3S/c27-24(19-7-8-20-23(13-19)30-16-25-20)26(14-17-4-2-1-3-5-17)15-18-6-9-21-22(12-18)29-11-10-28-21/h1-9,12-13,16H,10-11,14-15H2. The van der Waals surface area contributed by atoms with E-state index < -0.39 is 0 Å². The number of fused-ring (bicyclic) bond motifs is 2. The molecule has 4 aromatic rings. The molecule has 0 fully saturated rings. The van der Waals surface area contributed by atoms with E-state index in [1.165, 1.54) is 0 Å². The minimum atomic E-state index is -0.0101. The van der Waals surface area contributed by atoms with Crippen LogP contribution in [-0.2, 0) is 13.1 Å². The van der Waals surface area contributed by atoms with Gasteiger partial charge in [-0.3, -0.25) is 4.79 Å². The molecule has 1 aliphatic heterocycles. The molecule has 5 rings (SSSR count). The molecule has 0 bridgehead atoms. The summed E-state index contributed by atoms with van der Waals surface area (Å²) in [6.45, 7) is 2.10. The Morgan fingerprint density at radius 1 is 0.900 bits per heavy atom. The van der Waals surface area contributed by atoms with Gasteiger partial charge < -0.3 is 14.4 Å². The molecule has 150 valence electrons. The Balaban J connectivity index is 1.45. The van der Waals surface area contributed by atoms with Crippen molar-refractivity contribution >= 4 is 27.5 Å². The van der Waals surface area contributed by atoms with E-state index in [9.17, 15) is 4.79 Å². The third-order valence-corrected chi connectivity index (χ3v) is 5.85. The molecule has 3 aromatic carbocycles. The monoisotopic (exact) mass is 416 g/mol. The number of aromatic nitrogens is 1. The van der Waals surface area contributed by atoms with Crippen molar-refractivity contribution in [2.45, 2.75) is 13.1 Å². The molecule has 1 amide bonds. The van der Waals surface area contributed by atoms with E-state index in [1.54, 1.807) is 16.8 Å². The van der Waals surface area contributed by atoms with Gasteiger partial charge in [0.05, 0.1) is 15.7 Å². The molecule has 0 spiro atoms. The number of nitrogens with zero attached hydrogens (tertiary/aromatic N) is 2. The molecule has 0 radical (unpaired) electrons. The van der Waals surface area contributed by atoms with Gasteiger partial charge in [-0.1, -0.05) is 36.4 Å². The van der Waals surface area contributed by atoms with E-state index in [-0.39, 0.29) is 5.91 Å². The lowest BCUT2D eigenvalue weighted by atomic mass is 10.1. The number of amides is 1. The van der Waals surface area contributed by atoms with Crippen LogP contribution in [0.4, 0.5) is 0 Å². The summed E-state index contributed by atoms with van der Waals surface area (Å²) in [6, 6.07) is 21.6. The largest absolute Gasteiger partial charge is 0.486 e. The first-order chi connectivity index (χ1) is 14.8. The molecule has 1 aliphatic rings. The topological polar surface area (TPSA) is 51.7 Å². The molecule has 2 heterocycles. The molecule has 0 atom stereocenters. The minimum absolute atomic E-state index is 0.0101. The summed E-state index contributed by atoms with van der Waals surface area (Å²) in [7, 11) is 0. The van der Waals surface area contributed by atoms with Gasteiger partial charge in [0, 0.05) is 18.7 Å². The highest BCUT2D eigenvalue weighted by Crippen LogP contribution is 2.31. The van der Waals surface area contributed by atoms with Crippen LogP contribution in [0.15, 0.2) is 72.2 Å². The summed E-state index contributed by atoms with van der Waals surface area (Å²) in [5.74, 6) is 1.47. The number of carbonyl (C=O) groups is 1. The first-order valence-corrected chi connectivity index (χ1v) is 10.7. The third kappa shape index (κ3) is 3.86. The molecule has 0 aliphatic carbocycles. The van der Waals surface area contributed by atoms with Gasteiger partial charge in [-0.05, 0) is 41.5 Å². The van der Waals surface area contributed by atoms with Gasteiger partial charge in [0.1, 0.15) is 13.2 Å². The van der Waals surface area contributed by atoms with Crippen LogP contribution in [0.1, 0.15) is 21.5 Å². The van der Waals surface area contributed by atoms with Gasteiger partial charge in [-0.15, -0.1) is 11.3 Å². The molecule has 0 N–H and O–H groups in total. The Morgan fingerprint density at radius 3 is 2.57 bits per heavy atom.